The zero-order valence-corrected chi connectivity index (χ0v) is 27.2. The van der Waals surface area contributed by atoms with Gasteiger partial charge in [0.1, 0.15) is 0 Å². The van der Waals surface area contributed by atoms with E-state index in [1.807, 2.05) is 19.9 Å². The molecule has 2 fully saturated rings. The van der Waals surface area contributed by atoms with E-state index in [1.54, 1.807) is 0 Å². The van der Waals surface area contributed by atoms with Crippen molar-refractivity contribution in [3.8, 4) is 0 Å². The Morgan fingerprint density at radius 3 is 1.76 bits per heavy atom. The van der Waals surface area contributed by atoms with Gasteiger partial charge >= 0.3 is 11.9 Å². The molecule has 0 saturated heterocycles. The minimum Gasteiger partial charge on any atom is -0.466 e. The molecule has 0 bridgehead atoms. The van der Waals surface area contributed by atoms with E-state index >= 15 is 0 Å². The maximum atomic E-state index is 12.3. The molecule has 0 unspecified atom stereocenters. The molecule has 2 aliphatic rings. The number of hydrogen-bond donors (Lipinski definition) is 0. The predicted octanol–water partition coefficient (Wildman–Crippen LogP) is 9.67. The molecule has 0 amide bonds. The molecule has 0 radical (unpaired) electrons. The predicted molar refractivity (Wildman–Crippen MR) is 173 cm³/mol. The van der Waals surface area contributed by atoms with Gasteiger partial charge in [0.25, 0.3) is 0 Å². The number of rotatable bonds is 11. The van der Waals surface area contributed by atoms with Crippen LogP contribution in [0.4, 0.5) is 0 Å². The third-order valence-corrected chi connectivity index (χ3v) is 8.71. The molecule has 0 aliphatic heterocycles. The normalized spacial score (nSPS) is 16.3. The zero-order chi connectivity index (χ0) is 29.6. The highest BCUT2D eigenvalue weighted by molar-refractivity contribution is 9.09. The van der Waals surface area contributed by atoms with Crippen LogP contribution in [0.2, 0.25) is 0 Å². The van der Waals surface area contributed by atoms with E-state index in [0.29, 0.717) is 13.2 Å². The van der Waals surface area contributed by atoms with Crippen LogP contribution in [0.15, 0.2) is 60.7 Å². The lowest BCUT2D eigenvalue weighted by atomic mass is 9.71. The number of alkyl halides is 1. The Labute approximate surface area is 258 Å². The number of halogens is 1. The van der Waals surface area contributed by atoms with Crippen molar-refractivity contribution in [1.82, 2.24) is 0 Å². The summed E-state index contributed by atoms with van der Waals surface area (Å²) in [6.45, 7) is 4.79. The van der Waals surface area contributed by atoms with Crippen molar-refractivity contribution in [2.24, 2.45) is 11.3 Å². The molecule has 4 rings (SSSR count). The number of esters is 2. The third-order valence-electron chi connectivity index (χ3n) is 8.15. The van der Waals surface area contributed by atoms with Crippen molar-refractivity contribution < 1.29 is 19.1 Å². The molecular formula is C36H53BrO4. The summed E-state index contributed by atoms with van der Waals surface area (Å²) < 4.78 is 10.3. The standard InChI is InChI=1S/C18H26O2.C9H11Br.C9H16O2/c1-2-20-17(19)18(13-7-4-8-14-18)15-9-12-16-10-5-3-6-11-16;10-8-4-7-9-5-2-1-3-6-9;1-2-11-9(10)8-6-4-3-5-7-8/h3,5-6,10-11H,2,4,7-9,12-15H2,1H3;1-3,5-6H,4,7-8H2;8H,2-7H2,1H3. The van der Waals surface area contributed by atoms with Gasteiger partial charge in [-0.15, -0.1) is 0 Å². The van der Waals surface area contributed by atoms with Gasteiger partial charge in [0, 0.05) is 5.33 Å². The highest BCUT2D eigenvalue weighted by Gasteiger charge is 2.40. The first-order chi connectivity index (χ1) is 20.0. The molecule has 2 aromatic rings. The van der Waals surface area contributed by atoms with Crippen LogP contribution in [0.5, 0.6) is 0 Å². The second kappa shape index (κ2) is 21.5. The summed E-state index contributed by atoms with van der Waals surface area (Å²) in [5.74, 6) is 0.281. The van der Waals surface area contributed by atoms with Crippen LogP contribution in [-0.2, 0) is 31.9 Å². The lowest BCUT2D eigenvalue weighted by Gasteiger charge is -2.35. The largest absolute Gasteiger partial charge is 0.466 e. The smallest absolute Gasteiger partial charge is 0.312 e. The monoisotopic (exact) mass is 628 g/mol. The summed E-state index contributed by atoms with van der Waals surface area (Å²) in [7, 11) is 0. The molecule has 2 aromatic carbocycles. The van der Waals surface area contributed by atoms with Gasteiger partial charge in [-0.05, 0) is 82.8 Å². The Hall–Kier alpha value is -2.14. The lowest BCUT2D eigenvalue weighted by molar-refractivity contribution is -0.158. The summed E-state index contributed by atoms with van der Waals surface area (Å²) in [6.07, 6.45) is 16.9. The van der Waals surface area contributed by atoms with Gasteiger partial charge in [-0.25, -0.2) is 0 Å². The summed E-state index contributed by atoms with van der Waals surface area (Å²) in [4.78, 5) is 23.5. The summed E-state index contributed by atoms with van der Waals surface area (Å²) >= 11 is 3.41. The van der Waals surface area contributed by atoms with Crippen molar-refractivity contribution >= 4 is 27.9 Å². The highest BCUT2D eigenvalue weighted by atomic mass is 79.9. The second-order valence-corrected chi connectivity index (χ2v) is 12.1. The van der Waals surface area contributed by atoms with Gasteiger partial charge in [-0.3, -0.25) is 9.59 Å². The SMILES string of the molecule is BrCCCc1ccccc1.CCOC(=O)C1(CCCc2ccccc2)CCCCC1.CCOC(=O)C1CCCCC1. The van der Waals surface area contributed by atoms with E-state index in [1.165, 1.54) is 62.5 Å². The average Bonchev–Trinajstić information content (AvgIpc) is 3.03. The van der Waals surface area contributed by atoms with E-state index in [2.05, 4.69) is 70.5 Å². The minimum atomic E-state index is -0.191. The topological polar surface area (TPSA) is 52.6 Å². The van der Waals surface area contributed by atoms with Gasteiger partial charge in [-0.2, -0.15) is 0 Å². The van der Waals surface area contributed by atoms with E-state index < -0.39 is 0 Å². The van der Waals surface area contributed by atoms with Crippen LogP contribution in [0.3, 0.4) is 0 Å². The quantitative estimate of drug-likeness (QED) is 0.184. The van der Waals surface area contributed by atoms with E-state index in [9.17, 15) is 9.59 Å². The molecule has 0 N–H and O–H groups in total. The first-order valence-corrected chi connectivity index (χ1v) is 17.1. The van der Waals surface area contributed by atoms with Gasteiger partial charge < -0.3 is 9.47 Å². The summed E-state index contributed by atoms with van der Waals surface area (Å²) in [5, 5.41) is 1.10. The Morgan fingerprint density at radius 2 is 1.24 bits per heavy atom. The van der Waals surface area contributed by atoms with Crippen LogP contribution < -0.4 is 0 Å². The van der Waals surface area contributed by atoms with Crippen LogP contribution >= 0.6 is 15.9 Å². The molecule has 2 aliphatic carbocycles. The van der Waals surface area contributed by atoms with Crippen LogP contribution in [0.25, 0.3) is 0 Å². The maximum absolute atomic E-state index is 12.3. The van der Waals surface area contributed by atoms with Crippen LogP contribution in [-0.4, -0.2) is 30.5 Å². The number of benzene rings is 2. The molecule has 0 spiro atoms. The minimum absolute atomic E-state index is 0.0206. The lowest BCUT2D eigenvalue weighted by Crippen LogP contribution is -2.35. The van der Waals surface area contributed by atoms with Crippen LogP contribution in [0, 0.1) is 11.3 Å². The van der Waals surface area contributed by atoms with Crippen molar-refractivity contribution in [3.63, 3.8) is 0 Å². The molecule has 0 heterocycles. The number of carbonyl (C=O) groups excluding carboxylic acids is 2. The molecule has 228 valence electrons. The van der Waals surface area contributed by atoms with Gasteiger partial charge in [-0.1, -0.05) is 115 Å². The fourth-order valence-corrected chi connectivity index (χ4v) is 6.14. The van der Waals surface area contributed by atoms with E-state index in [-0.39, 0.29) is 23.3 Å². The molecule has 5 heteroatoms. The Bertz CT molecular complexity index is 935. The number of carbonyl (C=O) groups is 2. The first-order valence-electron chi connectivity index (χ1n) is 16.0. The van der Waals surface area contributed by atoms with Crippen LogP contribution in [0.1, 0.15) is 108 Å². The Kier molecular flexibility index (Phi) is 18.4. The fourth-order valence-electron chi connectivity index (χ4n) is 5.86. The van der Waals surface area contributed by atoms with Crippen molar-refractivity contribution in [2.45, 2.75) is 110 Å². The summed E-state index contributed by atoms with van der Waals surface area (Å²) in [6, 6.07) is 21.1. The van der Waals surface area contributed by atoms with Gasteiger partial charge in [0.05, 0.1) is 24.5 Å². The third kappa shape index (κ3) is 14.1. The molecular weight excluding hydrogens is 576 g/mol. The summed E-state index contributed by atoms with van der Waals surface area (Å²) in [5.41, 5.74) is 2.60. The highest BCUT2D eigenvalue weighted by Crippen LogP contribution is 2.41. The van der Waals surface area contributed by atoms with Gasteiger partial charge in [0.15, 0.2) is 0 Å². The molecule has 4 nitrogen and oxygen atoms in total. The van der Waals surface area contributed by atoms with Gasteiger partial charge in [0.2, 0.25) is 0 Å². The molecule has 41 heavy (non-hydrogen) atoms. The Balaban J connectivity index is 0.000000236. The maximum Gasteiger partial charge on any atom is 0.312 e. The zero-order valence-electron chi connectivity index (χ0n) is 25.6. The van der Waals surface area contributed by atoms with E-state index in [0.717, 1.165) is 50.3 Å². The first kappa shape index (κ1) is 35.1. The molecule has 0 atom stereocenters. The molecule has 2 saturated carbocycles. The second-order valence-electron chi connectivity index (χ2n) is 11.3. The average molecular weight is 630 g/mol. The number of ether oxygens (including phenoxy) is 2. The van der Waals surface area contributed by atoms with Crippen molar-refractivity contribution in [1.29, 1.82) is 0 Å². The fraction of sp³-hybridized carbons (Fsp3) is 0.611. The molecule has 0 aromatic heterocycles. The van der Waals surface area contributed by atoms with Crippen molar-refractivity contribution in [2.75, 3.05) is 18.5 Å². The Morgan fingerprint density at radius 1 is 0.732 bits per heavy atom. The number of aryl methyl sites for hydroxylation is 2. The number of hydrogen-bond acceptors (Lipinski definition) is 4. The van der Waals surface area contributed by atoms with E-state index in [4.69, 9.17) is 9.47 Å². The van der Waals surface area contributed by atoms with Crippen molar-refractivity contribution in [3.05, 3.63) is 71.8 Å².